The van der Waals surface area contributed by atoms with Crippen molar-refractivity contribution in [3.63, 3.8) is 0 Å². The minimum atomic E-state index is -7.89. The van der Waals surface area contributed by atoms with Crippen molar-refractivity contribution in [3.05, 3.63) is 18.7 Å². The molecular weight excluding hydrogens is 522 g/mol. The summed E-state index contributed by atoms with van der Waals surface area (Å²) in [5, 5.41) is 0. The molecule has 0 fully saturated rings. The average molecular weight is 528 g/mol. The minimum Gasteiger partial charge on any atom is -1.00 e. The first-order valence-corrected chi connectivity index (χ1v) is 5.74. The Morgan fingerprint density at radius 2 is 1.04 bits per heavy atom. The molecule has 0 saturated carbocycles. The molecule has 154 valence electrons. The zero-order valence-corrected chi connectivity index (χ0v) is 14.1. The van der Waals surface area contributed by atoms with Crippen LogP contribution >= 0.6 is 0 Å². The summed E-state index contributed by atoms with van der Waals surface area (Å²) in [5.74, 6) is -30.7. The molecule has 2 nitrogen and oxygen atoms in total. The third-order valence-corrected chi connectivity index (χ3v) is 3.01. The van der Waals surface area contributed by atoms with Crippen LogP contribution < -0.4 is 28.5 Å². The quantitative estimate of drug-likeness (QED) is 0.307. The Balaban J connectivity index is 0.00000625. The zero-order valence-electron chi connectivity index (χ0n) is 11.9. The van der Waals surface area contributed by atoms with Crippen LogP contribution in [0.15, 0.2) is 18.7 Å². The van der Waals surface area contributed by atoms with E-state index in [2.05, 4.69) is 0 Å². The molecule has 1 heterocycles. The van der Waals surface area contributed by atoms with Gasteiger partial charge in [0.05, 0.1) is 7.05 Å². The predicted molar refractivity (Wildman–Crippen MR) is 51.6 cm³/mol. The number of aromatic nitrogens is 2. The van der Waals surface area contributed by atoms with E-state index in [1.165, 1.54) is 0 Å². The van der Waals surface area contributed by atoms with E-state index in [0.717, 1.165) is 7.05 Å². The van der Waals surface area contributed by atoms with Crippen molar-refractivity contribution in [1.82, 2.24) is 4.57 Å². The first-order valence-electron chi connectivity index (χ1n) is 5.74. The van der Waals surface area contributed by atoms with E-state index < -0.39 is 40.5 Å². The monoisotopic (exact) mass is 528 g/mol. The molecule has 0 aliphatic heterocycles. The molecule has 1 aromatic rings. The van der Waals surface area contributed by atoms with Crippen molar-refractivity contribution in [3.8, 4) is 0 Å². The average Bonchev–Trinajstić information content (AvgIpc) is 2.83. The second-order valence-corrected chi connectivity index (χ2v) is 4.82. The van der Waals surface area contributed by atoms with Gasteiger partial charge in [-0.25, -0.2) is 4.57 Å². The second kappa shape index (κ2) is 6.57. The van der Waals surface area contributed by atoms with E-state index in [0.29, 0.717) is 10.8 Å². The molecule has 0 bridgehead atoms. The third-order valence-electron chi connectivity index (χ3n) is 3.01. The molecule has 0 radical (unpaired) electrons. The zero-order chi connectivity index (χ0) is 20.3. The van der Waals surface area contributed by atoms with Gasteiger partial charge in [0, 0.05) is 0 Å². The molecule has 0 spiro atoms. The van der Waals surface area contributed by atoms with Crippen molar-refractivity contribution >= 4 is 0 Å². The Hall–Kier alpha value is -0.970. The summed E-state index contributed by atoms with van der Waals surface area (Å²) < 4.78 is 166. The summed E-state index contributed by atoms with van der Waals surface area (Å²) in [4.78, 5) is 0. The standard InChI is InChI=1S/C10H6F13N2.HI/c1-24-2-3-25(4-24)10(22,23)8(17,18)6(13,14)5(11,12)7(15,16)9(19,20)21;/h2-4H,1H3;1H/q+1;/p-1. The van der Waals surface area contributed by atoms with E-state index in [-0.39, 0.29) is 36.5 Å². The number of imidazole rings is 1. The molecule has 0 atom stereocenters. The van der Waals surface area contributed by atoms with Gasteiger partial charge in [0.1, 0.15) is 12.4 Å². The van der Waals surface area contributed by atoms with Crippen LogP contribution in [-0.2, 0) is 13.1 Å². The summed E-state index contributed by atoms with van der Waals surface area (Å²) in [5.41, 5.74) is 0. The van der Waals surface area contributed by atoms with E-state index in [4.69, 9.17) is 0 Å². The Kier molecular flexibility index (Phi) is 6.33. The van der Waals surface area contributed by atoms with Gasteiger partial charge in [-0.1, -0.05) is 0 Å². The first-order chi connectivity index (χ1) is 10.7. The molecule has 0 aliphatic carbocycles. The molecule has 0 unspecified atom stereocenters. The Labute approximate surface area is 152 Å². The fourth-order valence-electron chi connectivity index (χ4n) is 1.54. The number of rotatable bonds is 5. The van der Waals surface area contributed by atoms with Gasteiger partial charge in [-0.2, -0.15) is 61.6 Å². The van der Waals surface area contributed by atoms with Crippen LogP contribution in [0, 0.1) is 0 Å². The van der Waals surface area contributed by atoms with Gasteiger partial charge in [0.2, 0.25) is 6.33 Å². The van der Waals surface area contributed by atoms with Gasteiger partial charge < -0.3 is 24.0 Å². The molecule has 0 saturated heterocycles. The number of halogens is 14. The van der Waals surface area contributed by atoms with Crippen LogP contribution in [0.4, 0.5) is 57.1 Å². The van der Waals surface area contributed by atoms with Crippen LogP contribution in [0.5, 0.6) is 0 Å². The van der Waals surface area contributed by atoms with E-state index in [9.17, 15) is 57.1 Å². The van der Waals surface area contributed by atoms with Crippen LogP contribution in [0.2, 0.25) is 0 Å². The predicted octanol–water partition coefficient (Wildman–Crippen LogP) is 0.969. The maximum atomic E-state index is 13.5. The van der Waals surface area contributed by atoms with Crippen molar-refractivity contribution < 1.29 is 85.6 Å². The molecule has 0 aromatic carbocycles. The SMILES string of the molecule is C[n+]1ccn(C(F)(F)C(F)(F)C(F)(F)C(F)(F)C(F)(F)C(F)(F)F)c1.[I-]. The van der Waals surface area contributed by atoms with Crippen LogP contribution in [0.1, 0.15) is 0 Å². The Bertz CT molecular complexity index is 633. The van der Waals surface area contributed by atoms with Crippen molar-refractivity contribution in [2.24, 2.45) is 7.05 Å². The lowest BCUT2D eigenvalue weighted by Crippen LogP contribution is -3.00. The van der Waals surface area contributed by atoms with Gasteiger partial charge in [-0.3, -0.25) is 0 Å². The number of hydrogen-bond acceptors (Lipinski definition) is 0. The Morgan fingerprint density at radius 3 is 1.35 bits per heavy atom. The topological polar surface area (TPSA) is 8.81 Å². The largest absolute Gasteiger partial charge is 1.00 e. The molecule has 16 heteroatoms. The summed E-state index contributed by atoms with van der Waals surface area (Å²) in [7, 11) is 0.912. The van der Waals surface area contributed by atoms with Crippen molar-refractivity contribution in [2.45, 2.75) is 35.9 Å². The lowest BCUT2D eigenvalue weighted by atomic mass is 9.96. The minimum absolute atomic E-state index is 0. The fraction of sp³-hybridized carbons (Fsp3) is 0.700. The Morgan fingerprint density at radius 1 is 0.654 bits per heavy atom. The lowest BCUT2D eigenvalue weighted by Gasteiger charge is -2.38. The first kappa shape index (κ1) is 25.0. The highest BCUT2D eigenvalue weighted by Gasteiger charge is 2.92. The van der Waals surface area contributed by atoms with Crippen LogP contribution in [-0.4, -0.2) is 34.4 Å². The highest BCUT2D eigenvalue weighted by molar-refractivity contribution is 5.09. The van der Waals surface area contributed by atoms with Gasteiger partial charge in [0.15, 0.2) is 0 Å². The van der Waals surface area contributed by atoms with Gasteiger partial charge in [0.25, 0.3) is 0 Å². The maximum Gasteiger partial charge on any atom is 0.469 e. The fourth-order valence-corrected chi connectivity index (χ4v) is 1.54. The summed E-state index contributed by atoms with van der Waals surface area (Å²) in [6, 6.07) is -6.27. The van der Waals surface area contributed by atoms with Crippen molar-refractivity contribution in [2.75, 3.05) is 0 Å². The van der Waals surface area contributed by atoms with Gasteiger partial charge >= 0.3 is 35.9 Å². The summed E-state index contributed by atoms with van der Waals surface area (Å²) >= 11 is 0. The van der Waals surface area contributed by atoms with Crippen LogP contribution in [0.3, 0.4) is 0 Å². The molecule has 0 amide bonds. The number of hydrogen-bond donors (Lipinski definition) is 0. The number of alkyl halides is 13. The molecule has 1 rings (SSSR count). The highest BCUT2D eigenvalue weighted by Crippen LogP contribution is 2.60. The van der Waals surface area contributed by atoms with Crippen LogP contribution in [0.25, 0.3) is 0 Å². The molecular formula is C10H6F13IN2. The smallest absolute Gasteiger partial charge is 0.469 e. The molecule has 0 N–H and O–H groups in total. The van der Waals surface area contributed by atoms with Crippen molar-refractivity contribution in [1.29, 1.82) is 0 Å². The van der Waals surface area contributed by atoms with E-state index in [1.54, 1.807) is 0 Å². The number of nitrogens with zero attached hydrogens (tertiary/aromatic N) is 2. The molecule has 26 heavy (non-hydrogen) atoms. The van der Waals surface area contributed by atoms with Gasteiger partial charge in [-0.15, -0.1) is 0 Å². The van der Waals surface area contributed by atoms with E-state index >= 15 is 0 Å². The summed E-state index contributed by atoms with van der Waals surface area (Å²) in [6.07, 6.45) is -6.87. The second-order valence-electron chi connectivity index (χ2n) is 4.82. The van der Waals surface area contributed by atoms with Gasteiger partial charge in [-0.05, 0) is 0 Å². The van der Waals surface area contributed by atoms with E-state index in [1.807, 2.05) is 0 Å². The maximum absolute atomic E-state index is 13.5. The summed E-state index contributed by atoms with van der Waals surface area (Å²) in [6.45, 7) is 0. The number of aryl methyl sites for hydroxylation is 1. The highest BCUT2D eigenvalue weighted by atomic mass is 127. The lowest BCUT2D eigenvalue weighted by molar-refractivity contribution is -0.672. The third kappa shape index (κ3) is 3.21. The normalized spacial score (nSPS) is 15.0. The molecule has 1 aromatic heterocycles. The molecule has 0 aliphatic rings.